The second-order valence-corrected chi connectivity index (χ2v) is 5.43. The Balaban J connectivity index is 2.31. The number of hydrogen-bond acceptors (Lipinski definition) is 3. The highest BCUT2D eigenvalue weighted by Crippen LogP contribution is 2.25. The molecule has 1 heterocycles. The van der Waals surface area contributed by atoms with Crippen LogP contribution in [-0.2, 0) is 4.74 Å². The van der Waals surface area contributed by atoms with Crippen LogP contribution >= 0.6 is 15.9 Å². The van der Waals surface area contributed by atoms with Gasteiger partial charge in [-0.15, -0.1) is 0 Å². The van der Waals surface area contributed by atoms with Gasteiger partial charge in [-0.05, 0) is 47.5 Å². The number of halogens is 1. The molecule has 1 aromatic carbocycles. The van der Waals surface area contributed by atoms with Crippen LogP contribution in [0.2, 0.25) is 0 Å². The number of benzene rings is 1. The smallest absolute Gasteiger partial charge is 0.207 e. The Morgan fingerprint density at radius 3 is 3.00 bits per heavy atom. The molecule has 2 rings (SSSR count). The van der Waals surface area contributed by atoms with Crippen LogP contribution in [0.15, 0.2) is 35.1 Å². The lowest BCUT2D eigenvalue weighted by molar-refractivity contribution is 0.190. The Hall–Kier alpha value is -1.33. The molecule has 1 aromatic heterocycles. The van der Waals surface area contributed by atoms with Gasteiger partial charge < -0.3 is 10.1 Å². The molecule has 0 amide bonds. The standard InChI is InChI=1S/C14H18BrN3O/c1-10-4-5-12(15)13(8-10)18-7-6-16-14(18)17-11(2)9-19-3/h4-8,11H,9H2,1-3H3,(H,16,17). The van der Waals surface area contributed by atoms with Crippen molar-refractivity contribution in [3.05, 3.63) is 40.6 Å². The first-order valence-electron chi connectivity index (χ1n) is 6.17. The molecule has 102 valence electrons. The van der Waals surface area contributed by atoms with E-state index < -0.39 is 0 Å². The fourth-order valence-corrected chi connectivity index (χ4v) is 2.36. The SMILES string of the molecule is COCC(C)Nc1nccn1-c1cc(C)ccc1Br. The Kier molecular flexibility index (Phi) is 4.61. The number of hydrogen-bond donors (Lipinski definition) is 1. The zero-order valence-electron chi connectivity index (χ0n) is 11.4. The number of methoxy groups -OCH3 is 1. The molecule has 0 bridgehead atoms. The summed E-state index contributed by atoms with van der Waals surface area (Å²) in [7, 11) is 1.70. The molecule has 0 radical (unpaired) electrons. The van der Waals surface area contributed by atoms with E-state index in [-0.39, 0.29) is 6.04 Å². The number of aryl methyl sites for hydroxylation is 1. The van der Waals surface area contributed by atoms with Crippen molar-refractivity contribution in [2.45, 2.75) is 19.9 Å². The van der Waals surface area contributed by atoms with Gasteiger partial charge in [0.15, 0.2) is 0 Å². The first kappa shape index (κ1) is 14.1. The first-order valence-corrected chi connectivity index (χ1v) is 6.96. The number of nitrogens with one attached hydrogen (secondary N) is 1. The lowest BCUT2D eigenvalue weighted by Crippen LogP contribution is -2.22. The van der Waals surface area contributed by atoms with Gasteiger partial charge in [0.25, 0.3) is 0 Å². The van der Waals surface area contributed by atoms with Crippen LogP contribution in [0, 0.1) is 6.92 Å². The van der Waals surface area contributed by atoms with E-state index in [1.165, 1.54) is 5.56 Å². The van der Waals surface area contributed by atoms with Crippen molar-refractivity contribution in [2.75, 3.05) is 19.0 Å². The second-order valence-electron chi connectivity index (χ2n) is 4.58. The highest BCUT2D eigenvalue weighted by molar-refractivity contribution is 9.10. The minimum Gasteiger partial charge on any atom is -0.383 e. The molecule has 1 N–H and O–H groups in total. The van der Waals surface area contributed by atoms with Crippen LogP contribution < -0.4 is 5.32 Å². The van der Waals surface area contributed by atoms with Crippen molar-refractivity contribution in [2.24, 2.45) is 0 Å². The first-order chi connectivity index (χ1) is 9.11. The van der Waals surface area contributed by atoms with E-state index in [0.717, 1.165) is 16.1 Å². The number of nitrogens with zero attached hydrogens (tertiary/aromatic N) is 2. The van der Waals surface area contributed by atoms with Gasteiger partial charge in [0.2, 0.25) is 5.95 Å². The molecule has 2 aromatic rings. The van der Waals surface area contributed by atoms with Crippen molar-refractivity contribution in [1.82, 2.24) is 9.55 Å². The van der Waals surface area contributed by atoms with E-state index in [1.807, 2.05) is 16.8 Å². The third-order valence-electron chi connectivity index (χ3n) is 2.79. The average Bonchev–Trinajstić information content (AvgIpc) is 2.80. The summed E-state index contributed by atoms with van der Waals surface area (Å²) in [6, 6.07) is 6.45. The molecular formula is C14H18BrN3O. The molecule has 19 heavy (non-hydrogen) atoms. The fourth-order valence-electron chi connectivity index (χ4n) is 1.92. The molecule has 5 heteroatoms. The predicted octanol–water partition coefficient (Wildman–Crippen LogP) is 3.39. The maximum Gasteiger partial charge on any atom is 0.207 e. The van der Waals surface area contributed by atoms with Crippen LogP contribution in [0.3, 0.4) is 0 Å². The molecule has 0 fully saturated rings. The number of ether oxygens (including phenoxy) is 1. The lowest BCUT2D eigenvalue weighted by atomic mass is 10.2. The number of rotatable bonds is 5. The zero-order valence-corrected chi connectivity index (χ0v) is 12.9. The van der Waals surface area contributed by atoms with E-state index in [9.17, 15) is 0 Å². The normalized spacial score (nSPS) is 12.4. The van der Waals surface area contributed by atoms with Gasteiger partial charge in [-0.3, -0.25) is 4.57 Å². The summed E-state index contributed by atoms with van der Waals surface area (Å²) >= 11 is 3.58. The van der Waals surface area contributed by atoms with Gasteiger partial charge in [-0.1, -0.05) is 6.07 Å². The van der Waals surface area contributed by atoms with Crippen molar-refractivity contribution >= 4 is 21.9 Å². The quantitative estimate of drug-likeness (QED) is 0.916. The highest BCUT2D eigenvalue weighted by Gasteiger charge is 2.10. The number of aromatic nitrogens is 2. The van der Waals surface area contributed by atoms with Crippen LogP contribution in [0.4, 0.5) is 5.95 Å². The van der Waals surface area contributed by atoms with Crippen molar-refractivity contribution in [1.29, 1.82) is 0 Å². The molecule has 4 nitrogen and oxygen atoms in total. The van der Waals surface area contributed by atoms with E-state index in [2.05, 4.69) is 52.2 Å². The van der Waals surface area contributed by atoms with Crippen molar-refractivity contribution < 1.29 is 4.74 Å². The van der Waals surface area contributed by atoms with E-state index in [4.69, 9.17) is 4.74 Å². The van der Waals surface area contributed by atoms with Crippen LogP contribution in [-0.4, -0.2) is 29.3 Å². The predicted molar refractivity (Wildman–Crippen MR) is 81.0 cm³/mol. The molecule has 1 unspecified atom stereocenters. The van der Waals surface area contributed by atoms with Gasteiger partial charge in [0, 0.05) is 30.0 Å². The van der Waals surface area contributed by atoms with E-state index in [1.54, 1.807) is 13.3 Å². The van der Waals surface area contributed by atoms with Crippen LogP contribution in [0.25, 0.3) is 5.69 Å². The summed E-state index contributed by atoms with van der Waals surface area (Å²) < 4.78 is 8.20. The number of anilines is 1. The minimum absolute atomic E-state index is 0.203. The summed E-state index contributed by atoms with van der Waals surface area (Å²) in [6.45, 7) is 4.78. The second kappa shape index (κ2) is 6.21. The number of imidazole rings is 1. The molecule has 0 spiro atoms. The minimum atomic E-state index is 0.203. The lowest BCUT2D eigenvalue weighted by Gasteiger charge is -2.16. The zero-order chi connectivity index (χ0) is 13.8. The summed E-state index contributed by atoms with van der Waals surface area (Å²) in [5, 5.41) is 3.34. The Morgan fingerprint density at radius 1 is 1.47 bits per heavy atom. The molecule has 0 saturated carbocycles. The monoisotopic (exact) mass is 323 g/mol. The molecule has 0 aliphatic heterocycles. The summed E-state index contributed by atoms with van der Waals surface area (Å²) in [5.41, 5.74) is 2.28. The third kappa shape index (κ3) is 3.36. The highest BCUT2D eigenvalue weighted by atomic mass is 79.9. The molecular weight excluding hydrogens is 306 g/mol. The third-order valence-corrected chi connectivity index (χ3v) is 3.46. The van der Waals surface area contributed by atoms with Gasteiger partial charge in [-0.2, -0.15) is 0 Å². The largest absolute Gasteiger partial charge is 0.383 e. The van der Waals surface area contributed by atoms with Gasteiger partial charge >= 0.3 is 0 Å². The molecule has 0 saturated heterocycles. The van der Waals surface area contributed by atoms with Crippen LogP contribution in [0.5, 0.6) is 0 Å². The Morgan fingerprint density at radius 2 is 2.26 bits per heavy atom. The van der Waals surface area contributed by atoms with Gasteiger partial charge in [0.05, 0.1) is 12.3 Å². The van der Waals surface area contributed by atoms with Crippen molar-refractivity contribution in [3.63, 3.8) is 0 Å². The summed E-state index contributed by atoms with van der Waals surface area (Å²) in [6.07, 6.45) is 3.73. The molecule has 1 atom stereocenters. The van der Waals surface area contributed by atoms with Gasteiger partial charge in [-0.25, -0.2) is 4.98 Å². The van der Waals surface area contributed by atoms with Crippen molar-refractivity contribution in [3.8, 4) is 5.69 Å². The van der Waals surface area contributed by atoms with E-state index >= 15 is 0 Å². The molecule has 0 aliphatic carbocycles. The maximum absolute atomic E-state index is 5.13. The summed E-state index contributed by atoms with van der Waals surface area (Å²) in [5.74, 6) is 0.816. The Bertz CT molecular complexity index is 553. The van der Waals surface area contributed by atoms with Crippen LogP contribution in [0.1, 0.15) is 12.5 Å². The van der Waals surface area contributed by atoms with E-state index in [0.29, 0.717) is 6.61 Å². The topological polar surface area (TPSA) is 39.1 Å². The fraction of sp³-hybridized carbons (Fsp3) is 0.357. The average molecular weight is 324 g/mol. The summed E-state index contributed by atoms with van der Waals surface area (Å²) in [4.78, 5) is 4.36. The molecule has 0 aliphatic rings. The Labute approximate surface area is 121 Å². The van der Waals surface area contributed by atoms with Gasteiger partial charge in [0.1, 0.15) is 0 Å². The maximum atomic E-state index is 5.13.